The van der Waals surface area contributed by atoms with E-state index in [0.717, 1.165) is 12.8 Å². The largest absolute Gasteiger partial charge is 0.379 e. The van der Waals surface area contributed by atoms with Gasteiger partial charge in [-0.1, -0.05) is 0 Å². The molecule has 3 aromatic rings. The lowest BCUT2D eigenvalue weighted by Crippen LogP contribution is -2.51. The Morgan fingerprint density at radius 2 is 2.16 bits per heavy atom. The van der Waals surface area contributed by atoms with Crippen molar-refractivity contribution in [1.29, 1.82) is 0 Å². The molecule has 1 amide bonds. The second kappa shape index (κ2) is 7.90. The standard InChI is InChI=1S/C21H24FN7O3/c1-23-18-9-17(25-14-4-3-7-28(21(14)31)15-8-12(15)22)27-19-11(10-24-29(18)19)20(30)26-13-5-6-16(13)32-2/h3-4,7,9-10,12-13,15-16,23H,5-6,8H2,1-2H3,(H,25,27)(H,26,30)/t12-,13?,15-,16+/m0/s1. The second-order valence-corrected chi connectivity index (χ2v) is 8.08. The van der Waals surface area contributed by atoms with Crippen LogP contribution in [0.15, 0.2) is 35.4 Å². The summed E-state index contributed by atoms with van der Waals surface area (Å²) in [5.74, 6) is 0.651. The summed E-state index contributed by atoms with van der Waals surface area (Å²) in [6.07, 6.45) is 4.17. The van der Waals surface area contributed by atoms with Crippen LogP contribution in [0.5, 0.6) is 0 Å². The van der Waals surface area contributed by atoms with Gasteiger partial charge in [0.25, 0.3) is 11.5 Å². The second-order valence-electron chi connectivity index (χ2n) is 8.08. The van der Waals surface area contributed by atoms with Crippen molar-refractivity contribution in [1.82, 2.24) is 24.5 Å². The molecule has 2 aliphatic rings. The zero-order valence-corrected chi connectivity index (χ0v) is 17.7. The fourth-order valence-corrected chi connectivity index (χ4v) is 3.97. The number of aromatic nitrogens is 4. The van der Waals surface area contributed by atoms with Crippen LogP contribution in [0.2, 0.25) is 0 Å². The molecule has 0 aromatic carbocycles. The third-order valence-corrected chi connectivity index (χ3v) is 6.08. The number of halogens is 1. The topological polar surface area (TPSA) is 115 Å². The Bertz CT molecular complexity index is 1240. The molecular weight excluding hydrogens is 417 g/mol. The highest BCUT2D eigenvalue weighted by Crippen LogP contribution is 2.37. The molecule has 0 spiro atoms. The van der Waals surface area contributed by atoms with Crippen LogP contribution < -0.4 is 21.5 Å². The SMILES string of the molecule is CNc1cc(Nc2cccn([C@H]3C[C@@H]3F)c2=O)nc2c(C(=O)NC3CC[C@H]3OC)cnn12. The van der Waals surface area contributed by atoms with Crippen LogP contribution in [-0.2, 0) is 4.74 Å². The van der Waals surface area contributed by atoms with Crippen molar-refractivity contribution in [3.05, 3.63) is 46.5 Å². The van der Waals surface area contributed by atoms with Gasteiger partial charge in [-0.3, -0.25) is 9.59 Å². The minimum Gasteiger partial charge on any atom is -0.379 e. The van der Waals surface area contributed by atoms with Gasteiger partial charge >= 0.3 is 0 Å². The number of methoxy groups -OCH3 is 1. The predicted octanol–water partition coefficient (Wildman–Crippen LogP) is 1.87. The third kappa shape index (κ3) is 3.48. The van der Waals surface area contributed by atoms with Crippen LogP contribution in [0, 0.1) is 0 Å². The van der Waals surface area contributed by atoms with Gasteiger partial charge in [0.2, 0.25) is 0 Å². The number of nitrogens with one attached hydrogen (secondary N) is 3. The molecular formula is C21H24FN7O3. The lowest BCUT2D eigenvalue weighted by Gasteiger charge is -2.35. The van der Waals surface area contributed by atoms with Gasteiger partial charge in [-0.05, 0) is 25.0 Å². The summed E-state index contributed by atoms with van der Waals surface area (Å²) >= 11 is 0. The number of anilines is 3. The van der Waals surface area contributed by atoms with Crippen molar-refractivity contribution in [2.75, 3.05) is 24.8 Å². The molecule has 11 heteroatoms. The molecule has 3 aromatic heterocycles. The first-order valence-corrected chi connectivity index (χ1v) is 10.5. The number of rotatable bonds is 7. The number of hydrogen-bond acceptors (Lipinski definition) is 7. The van der Waals surface area contributed by atoms with Crippen LogP contribution in [-0.4, -0.2) is 57.5 Å². The lowest BCUT2D eigenvalue weighted by molar-refractivity contribution is 0.00732. The molecule has 3 N–H and O–H groups in total. The Kier molecular flexibility index (Phi) is 5.04. The minimum absolute atomic E-state index is 0.00878. The van der Waals surface area contributed by atoms with E-state index in [-0.39, 0.29) is 29.3 Å². The number of carbonyl (C=O) groups is 1. The van der Waals surface area contributed by atoms with Gasteiger partial charge in [-0.25, -0.2) is 9.37 Å². The number of nitrogens with zero attached hydrogens (tertiary/aromatic N) is 4. The van der Waals surface area contributed by atoms with Gasteiger partial charge in [0.15, 0.2) is 5.65 Å². The fourth-order valence-electron chi connectivity index (χ4n) is 3.97. The molecule has 2 saturated carbocycles. The van der Waals surface area contributed by atoms with Crippen molar-refractivity contribution in [3.8, 4) is 0 Å². The highest BCUT2D eigenvalue weighted by molar-refractivity contribution is 6.00. The maximum Gasteiger partial charge on any atom is 0.274 e. The Balaban J connectivity index is 1.46. The molecule has 0 aliphatic heterocycles. The van der Waals surface area contributed by atoms with E-state index in [1.165, 1.54) is 15.3 Å². The Morgan fingerprint density at radius 1 is 1.34 bits per heavy atom. The molecule has 5 rings (SSSR count). The van der Waals surface area contributed by atoms with E-state index in [1.54, 1.807) is 38.6 Å². The van der Waals surface area contributed by atoms with Gasteiger partial charge < -0.3 is 25.3 Å². The van der Waals surface area contributed by atoms with Crippen molar-refractivity contribution in [2.24, 2.45) is 0 Å². The monoisotopic (exact) mass is 441 g/mol. The molecule has 0 bridgehead atoms. The predicted molar refractivity (Wildman–Crippen MR) is 116 cm³/mol. The summed E-state index contributed by atoms with van der Waals surface area (Å²) in [4.78, 5) is 30.2. The Labute approximate surface area is 182 Å². The van der Waals surface area contributed by atoms with E-state index in [1.807, 2.05) is 0 Å². The van der Waals surface area contributed by atoms with E-state index in [9.17, 15) is 14.0 Å². The zero-order valence-electron chi connectivity index (χ0n) is 17.7. The molecule has 2 fully saturated rings. The molecule has 4 atom stereocenters. The first kappa shape index (κ1) is 20.4. The zero-order chi connectivity index (χ0) is 22.4. The quantitative estimate of drug-likeness (QED) is 0.513. The van der Waals surface area contributed by atoms with Crippen molar-refractivity contribution >= 4 is 28.9 Å². The Morgan fingerprint density at radius 3 is 2.81 bits per heavy atom. The number of pyridine rings is 1. The normalized spacial score (nSPS) is 24.1. The molecule has 168 valence electrons. The molecule has 3 heterocycles. The van der Waals surface area contributed by atoms with Crippen LogP contribution in [0.4, 0.5) is 21.7 Å². The summed E-state index contributed by atoms with van der Waals surface area (Å²) in [5.41, 5.74) is 0.601. The average molecular weight is 441 g/mol. The maximum absolute atomic E-state index is 13.5. The van der Waals surface area contributed by atoms with E-state index < -0.39 is 12.2 Å². The van der Waals surface area contributed by atoms with Crippen LogP contribution in [0.1, 0.15) is 35.7 Å². The third-order valence-electron chi connectivity index (χ3n) is 6.08. The average Bonchev–Trinajstić information content (AvgIpc) is 3.33. The molecule has 32 heavy (non-hydrogen) atoms. The summed E-state index contributed by atoms with van der Waals surface area (Å²) < 4.78 is 21.7. The van der Waals surface area contributed by atoms with E-state index in [0.29, 0.717) is 29.3 Å². The number of carbonyl (C=O) groups excluding carboxylic acids is 1. The van der Waals surface area contributed by atoms with Crippen LogP contribution in [0.25, 0.3) is 5.65 Å². The highest BCUT2D eigenvalue weighted by atomic mass is 19.1. The number of alkyl halides is 1. The van der Waals surface area contributed by atoms with Crippen molar-refractivity contribution < 1.29 is 13.9 Å². The van der Waals surface area contributed by atoms with Crippen LogP contribution >= 0.6 is 0 Å². The number of fused-ring (bicyclic) bond motifs is 1. The Hall–Kier alpha value is -3.47. The smallest absolute Gasteiger partial charge is 0.274 e. The lowest BCUT2D eigenvalue weighted by atomic mass is 9.89. The van der Waals surface area contributed by atoms with Crippen LogP contribution in [0.3, 0.4) is 0 Å². The summed E-state index contributed by atoms with van der Waals surface area (Å²) in [6.45, 7) is 0. The van der Waals surface area contributed by atoms with Gasteiger partial charge in [0, 0.05) is 32.8 Å². The van der Waals surface area contributed by atoms with E-state index in [2.05, 4.69) is 26.0 Å². The summed E-state index contributed by atoms with van der Waals surface area (Å²) in [7, 11) is 3.35. The first-order chi connectivity index (χ1) is 15.5. The van der Waals surface area contributed by atoms with Gasteiger partial charge in [0.05, 0.1) is 24.4 Å². The maximum atomic E-state index is 13.5. The number of hydrogen-bond donors (Lipinski definition) is 3. The summed E-state index contributed by atoms with van der Waals surface area (Å²) in [5, 5.41) is 13.3. The van der Waals surface area contributed by atoms with Crippen molar-refractivity contribution in [2.45, 2.75) is 43.6 Å². The van der Waals surface area contributed by atoms with Gasteiger partial charge in [-0.15, -0.1) is 0 Å². The van der Waals surface area contributed by atoms with Gasteiger partial charge in [-0.2, -0.15) is 9.61 Å². The van der Waals surface area contributed by atoms with E-state index in [4.69, 9.17) is 4.74 Å². The molecule has 1 unspecified atom stereocenters. The number of ether oxygens (including phenoxy) is 1. The first-order valence-electron chi connectivity index (χ1n) is 10.5. The summed E-state index contributed by atoms with van der Waals surface area (Å²) in [6, 6.07) is 4.53. The number of amides is 1. The van der Waals surface area contributed by atoms with E-state index >= 15 is 0 Å². The molecule has 0 saturated heterocycles. The van der Waals surface area contributed by atoms with Gasteiger partial charge in [0.1, 0.15) is 29.1 Å². The molecule has 10 nitrogen and oxygen atoms in total. The minimum atomic E-state index is -0.991. The molecule has 0 radical (unpaired) electrons. The fraction of sp³-hybridized carbons (Fsp3) is 0.429. The molecule has 2 aliphatic carbocycles. The highest BCUT2D eigenvalue weighted by Gasteiger charge is 2.40. The van der Waals surface area contributed by atoms with Crippen molar-refractivity contribution in [3.63, 3.8) is 0 Å².